The Balaban J connectivity index is 2.05. The maximum atomic E-state index is 10.9. The van der Waals surface area contributed by atoms with E-state index >= 15 is 0 Å². The van der Waals surface area contributed by atoms with Crippen molar-refractivity contribution in [2.45, 2.75) is 13.1 Å². The minimum Gasteiger partial charge on any atom is -0.477 e. The topological polar surface area (TPSA) is 53.4 Å². The van der Waals surface area contributed by atoms with Gasteiger partial charge in [0, 0.05) is 18.1 Å². The summed E-state index contributed by atoms with van der Waals surface area (Å²) in [7, 11) is 1.94. The van der Waals surface area contributed by atoms with Crippen molar-refractivity contribution in [2.24, 2.45) is 0 Å². The average molecular weight is 291 g/mol. The van der Waals surface area contributed by atoms with Crippen molar-refractivity contribution in [1.82, 2.24) is 9.88 Å². The lowest BCUT2D eigenvalue weighted by molar-refractivity contribution is 0.0690. The van der Waals surface area contributed by atoms with Gasteiger partial charge in [0.25, 0.3) is 0 Å². The summed E-state index contributed by atoms with van der Waals surface area (Å²) >= 11 is 6.12. The second-order valence-electron chi connectivity index (χ2n) is 4.58. The predicted octanol–water partition coefficient (Wildman–Crippen LogP) is 3.07. The molecule has 0 amide bonds. The van der Waals surface area contributed by atoms with Crippen LogP contribution in [0.2, 0.25) is 5.02 Å². The molecule has 0 atom stereocenters. The Morgan fingerprint density at radius 2 is 1.95 bits per heavy atom. The van der Waals surface area contributed by atoms with Gasteiger partial charge in [-0.3, -0.25) is 4.90 Å². The van der Waals surface area contributed by atoms with E-state index in [0.717, 1.165) is 16.3 Å². The SMILES string of the molecule is CN(Cc1cccc(C(=O)O)n1)Cc1ccccc1Cl. The molecular formula is C15H15ClN2O2. The quantitative estimate of drug-likeness (QED) is 0.919. The lowest BCUT2D eigenvalue weighted by Gasteiger charge is -2.17. The number of rotatable bonds is 5. The van der Waals surface area contributed by atoms with Gasteiger partial charge in [0.15, 0.2) is 0 Å². The Morgan fingerprint density at radius 1 is 1.20 bits per heavy atom. The summed E-state index contributed by atoms with van der Waals surface area (Å²) in [5, 5.41) is 9.65. The maximum Gasteiger partial charge on any atom is 0.354 e. The van der Waals surface area contributed by atoms with E-state index in [9.17, 15) is 4.79 Å². The van der Waals surface area contributed by atoms with Crippen LogP contribution in [-0.2, 0) is 13.1 Å². The van der Waals surface area contributed by atoms with Crippen molar-refractivity contribution >= 4 is 17.6 Å². The molecule has 2 rings (SSSR count). The van der Waals surface area contributed by atoms with Gasteiger partial charge in [-0.1, -0.05) is 35.9 Å². The first kappa shape index (κ1) is 14.5. The Morgan fingerprint density at radius 3 is 2.65 bits per heavy atom. The molecule has 0 spiro atoms. The molecule has 1 aromatic heterocycles. The number of carboxylic acid groups (broad SMARTS) is 1. The molecular weight excluding hydrogens is 276 g/mol. The fourth-order valence-corrected chi connectivity index (χ4v) is 2.13. The van der Waals surface area contributed by atoms with E-state index in [1.807, 2.05) is 42.3 Å². The molecule has 4 nitrogen and oxygen atoms in total. The van der Waals surface area contributed by atoms with Crippen LogP contribution < -0.4 is 0 Å². The van der Waals surface area contributed by atoms with Gasteiger partial charge in [-0.2, -0.15) is 0 Å². The van der Waals surface area contributed by atoms with Gasteiger partial charge in [-0.05, 0) is 30.8 Å². The smallest absolute Gasteiger partial charge is 0.354 e. The fourth-order valence-electron chi connectivity index (χ4n) is 1.94. The Bertz CT molecular complexity index is 616. The van der Waals surface area contributed by atoms with E-state index in [0.29, 0.717) is 13.1 Å². The van der Waals surface area contributed by atoms with Crippen LogP contribution in [0, 0.1) is 0 Å². The Labute approximate surface area is 122 Å². The van der Waals surface area contributed by atoms with Crippen LogP contribution in [0.1, 0.15) is 21.7 Å². The second kappa shape index (κ2) is 6.50. The van der Waals surface area contributed by atoms with E-state index in [4.69, 9.17) is 16.7 Å². The molecule has 20 heavy (non-hydrogen) atoms. The van der Waals surface area contributed by atoms with E-state index in [1.165, 1.54) is 6.07 Å². The molecule has 0 saturated carbocycles. The third kappa shape index (κ3) is 3.79. The molecule has 1 heterocycles. The Kier molecular flexibility index (Phi) is 4.71. The molecule has 0 aliphatic rings. The average Bonchev–Trinajstić information content (AvgIpc) is 2.41. The van der Waals surface area contributed by atoms with E-state index < -0.39 is 5.97 Å². The van der Waals surface area contributed by atoms with E-state index in [2.05, 4.69) is 4.98 Å². The Hall–Kier alpha value is -1.91. The fraction of sp³-hybridized carbons (Fsp3) is 0.200. The number of hydrogen-bond acceptors (Lipinski definition) is 3. The molecule has 0 unspecified atom stereocenters. The van der Waals surface area contributed by atoms with Gasteiger partial charge < -0.3 is 5.11 Å². The van der Waals surface area contributed by atoms with Gasteiger partial charge in [-0.15, -0.1) is 0 Å². The predicted molar refractivity (Wildman–Crippen MR) is 77.8 cm³/mol. The van der Waals surface area contributed by atoms with Crippen LogP contribution in [0.4, 0.5) is 0 Å². The molecule has 0 saturated heterocycles. The van der Waals surface area contributed by atoms with E-state index in [-0.39, 0.29) is 5.69 Å². The number of carboxylic acids is 1. The summed E-state index contributed by atoms with van der Waals surface area (Å²) in [5.74, 6) is -1.01. The number of hydrogen-bond donors (Lipinski definition) is 1. The molecule has 2 aromatic rings. The van der Waals surface area contributed by atoms with Crippen LogP contribution >= 0.6 is 11.6 Å². The molecule has 5 heteroatoms. The summed E-state index contributed by atoms with van der Waals surface area (Å²) in [6.45, 7) is 1.24. The molecule has 0 bridgehead atoms. The van der Waals surface area contributed by atoms with Crippen molar-refractivity contribution in [1.29, 1.82) is 0 Å². The van der Waals surface area contributed by atoms with Gasteiger partial charge in [0.1, 0.15) is 5.69 Å². The first-order valence-corrected chi connectivity index (χ1v) is 6.55. The van der Waals surface area contributed by atoms with Gasteiger partial charge >= 0.3 is 5.97 Å². The lowest BCUT2D eigenvalue weighted by atomic mass is 10.2. The van der Waals surface area contributed by atoms with Gasteiger partial charge in [-0.25, -0.2) is 9.78 Å². The normalized spacial score (nSPS) is 10.8. The highest BCUT2D eigenvalue weighted by Gasteiger charge is 2.08. The van der Waals surface area contributed by atoms with Crippen LogP contribution in [0.3, 0.4) is 0 Å². The largest absolute Gasteiger partial charge is 0.477 e. The van der Waals surface area contributed by atoms with E-state index in [1.54, 1.807) is 6.07 Å². The minimum atomic E-state index is -1.01. The van der Waals surface area contributed by atoms with Crippen molar-refractivity contribution < 1.29 is 9.90 Å². The zero-order valence-corrected chi connectivity index (χ0v) is 11.8. The third-order valence-electron chi connectivity index (χ3n) is 2.86. The minimum absolute atomic E-state index is 0.0636. The van der Waals surface area contributed by atoms with Crippen LogP contribution in [0.5, 0.6) is 0 Å². The van der Waals surface area contributed by atoms with Crippen molar-refractivity contribution in [3.63, 3.8) is 0 Å². The molecule has 1 aromatic carbocycles. The number of carbonyl (C=O) groups is 1. The van der Waals surface area contributed by atoms with Crippen molar-refractivity contribution in [3.05, 3.63) is 64.4 Å². The van der Waals surface area contributed by atoms with Crippen molar-refractivity contribution in [3.8, 4) is 0 Å². The maximum absolute atomic E-state index is 10.9. The summed E-state index contributed by atoms with van der Waals surface area (Å²) in [6, 6.07) is 12.7. The zero-order chi connectivity index (χ0) is 14.5. The van der Waals surface area contributed by atoms with Gasteiger partial charge in [0.2, 0.25) is 0 Å². The summed E-state index contributed by atoms with van der Waals surface area (Å²) < 4.78 is 0. The van der Waals surface area contributed by atoms with Crippen molar-refractivity contribution in [2.75, 3.05) is 7.05 Å². The van der Waals surface area contributed by atoms with Crippen LogP contribution in [-0.4, -0.2) is 28.0 Å². The molecule has 0 aliphatic carbocycles. The van der Waals surface area contributed by atoms with Crippen LogP contribution in [0.25, 0.3) is 0 Å². The van der Waals surface area contributed by atoms with Crippen LogP contribution in [0.15, 0.2) is 42.5 Å². The van der Waals surface area contributed by atoms with Gasteiger partial charge in [0.05, 0.1) is 5.69 Å². The molecule has 1 N–H and O–H groups in total. The first-order chi connectivity index (χ1) is 9.56. The standard InChI is InChI=1S/C15H15ClN2O2/c1-18(9-11-5-2-3-7-13(11)16)10-12-6-4-8-14(17-12)15(19)20/h2-8H,9-10H2,1H3,(H,19,20). The summed E-state index contributed by atoms with van der Waals surface area (Å²) in [5.41, 5.74) is 1.82. The monoisotopic (exact) mass is 290 g/mol. The third-order valence-corrected chi connectivity index (χ3v) is 3.22. The highest BCUT2D eigenvalue weighted by atomic mass is 35.5. The number of aromatic carboxylic acids is 1. The zero-order valence-electron chi connectivity index (χ0n) is 11.1. The second-order valence-corrected chi connectivity index (χ2v) is 4.99. The molecule has 0 fully saturated rings. The lowest BCUT2D eigenvalue weighted by Crippen LogP contribution is -2.18. The number of benzene rings is 1. The number of halogens is 1. The first-order valence-electron chi connectivity index (χ1n) is 6.17. The highest BCUT2D eigenvalue weighted by Crippen LogP contribution is 2.17. The molecule has 0 aliphatic heterocycles. The summed E-state index contributed by atoms with van der Waals surface area (Å²) in [6.07, 6.45) is 0. The highest BCUT2D eigenvalue weighted by molar-refractivity contribution is 6.31. The molecule has 0 radical (unpaired) electrons. The molecule has 104 valence electrons. The summed E-state index contributed by atoms with van der Waals surface area (Å²) in [4.78, 5) is 17.0. The number of nitrogens with zero attached hydrogens (tertiary/aromatic N) is 2. The number of pyridine rings is 1. The number of aromatic nitrogens is 1.